The molecule has 0 atom stereocenters. The molecule has 0 aliphatic rings. The molecule has 122 valence electrons. The number of esters is 1. The first kappa shape index (κ1) is 20.9. The van der Waals surface area contributed by atoms with E-state index in [0.717, 1.165) is 26.2 Å². The molecule has 0 aromatic carbocycles. The number of methoxy groups -OCH3 is 1. The second kappa shape index (κ2) is 11.5. The molecule has 0 amide bonds. The Bertz CT molecular complexity index is 332. The molecule has 0 radical (unpaired) electrons. The van der Waals surface area contributed by atoms with E-state index in [0.29, 0.717) is 8.64 Å². The van der Waals surface area contributed by atoms with Gasteiger partial charge in [-0.2, -0.15) is 0 Å². The lowest BCUT2D eigenvalue weighted by Gasteiger charge is -2.26. The highest BCUT2D eigenvalue weighted by atomic mass is 32.2. The number of thioether (sulfide) groups is 2. The maximum atomic E-state index is 12.0. The van der Waals surface area contributed by atoms with Gasteiger partial charge in [-0.15, -0.1) is 0 Å². The smallest absolute Gasteiger partial charge is 0.329 e. The van der Waals surface area contributed by atoms with Gasteiger partial charge in [0.2, 0.25) is 0 Å². The number of nitrogens with zero attached hydrogens (tertiary/aromatic N) is 2. The molecule has 0 unspecified atom stereocenters. The summed E-state index contributed by atoms with van der Waals surface area (Å²) in [6, 6.07) is 0. The molecule has 21 heavy (non-hydrogen) atoms. The number of hydrogen-bond acceptors (Lipinski definition) is 6. The lowest BCUT2D eigenvalue weighted by atomic mass is 10.6. The summed E-state index contributed by atoms with van der Waals surface area (Å²) in [6.07, 6.45) is 0. The van der Waals surface area contributed by atoms with Crippen molar-refractivity contribution in [2.45, 2.75) is 32.3 Å². The Morgan fingerprint density at radius 3 is 1.52 bits per heavy atom. The number of thiocarbonyl (C=S) groups is 2. The summed E-state index contributed by atoms with van der Waals surface area (Å²) < 4.78 is 5.81. The molecule has 0 aromatic rings. The standard InChI is InChI=1S/C13H24N2O2S4/c1-6-14(7-2)12(18)20-11(10(16)17-5)21-13(19)15(8-3)9-4/h11H,6-9H2,1-5H3. The molecule has 0 fully saturated rings. The summed E-state index contributed by atoms with van der Waals surface area (Å²) in [5, 5.41) is 0. The second-order valence-corrected chi connectivity index (χ2v) is 7.74. The topological polar surface area (TPSA) is 32.8 Å². The summed E-state index contributed by atoms with van der Waals surface area (Å²) in [6.45, 7) is 11.4. The van der Waals surface area contributed by atoms with Gasteiger partial charge in [0.25, 0.3) is 0 Å². The van der Waals surface area contributed by atoms with Gasteiger partial charge in [0.05, 0.1) is 7.11 Å². The first-order valence-corrected chi connectivity index (χ1v) is 9.51. The van der Waals surface area contributed by atoms with Crippen molar-refractivity contribution in [3.8, 4) is 0 Å². The van der Waals surface area contributed by atoms with E-state index in [9.17, 15) is 4.79 Å². The Labute approximate surface area is 147 Å². The van der Waals surface area contributed by atoms with Crippen LogP contribution in [0.15, 0.2) is 0 Å². The average Bonchev–Trinajstić information content (AvgIpc) is 2.48. The first-order chi connectivity index (χ1) is 9.94. The van der Waals surface area contributed by atoms with Crippen LogP contribution in [0.2, 0.25) is 0 Å². The van der Waals surface area contributed by atoms with Crippen LogP contribution >= 0.6 is 48.0 Å². The third-order valence-electron chi connectivity index (χ3n) is 2.85. The molecule has 0 saturated carbocycles. The normalized spacial score (nSPS) is 10.4. The van der Waals surface area contributed by atoms with Crippen LogP contribution in [-0.2, 0) is 9.53 Å². The number of rotatable bonds is 7. The molecule has 0 saturated heterocycles. The van der Waals surface area contributed by atoms with E-state index in [1.165, 1.54) is 30.6 Å². The second-order valence-electron chi connectivity index (χ2n) is 3.97. The van der Waals surface area contributed by atoms with Gasteiger partial charge in [-0.25, -0.2) is 4.79 Å². The van der Waals surface area contributed by atoms with Crippen molar-refractivity contribution in [3.05, 3.63) is 0 Å². The van der Waals surface area contributed by atoms with Crippen molar-refractivity contribution < 1.29 is 9.53 Å². The number of carbonyl (C=O) groups excluding carboxylic acids is 1. The van der Waals surface area contributed by atoms with Gasteiger partial charge in [-0.1, -0.05) is 48.0 Å². The van der Waals surface area contributed by atoms with E-state index >= 15 is 0 Å². The molecule has 0 heterocycles. The molecule has 0 aliphatic carbocycles. The summed E-state index contributed by atoms with van der Waals surface area (Å²) in [7, 11) is 1.39. The Morgan fingerprint density at radius 1 is 0.952 bits per heavy atom. The van der Waals surface area contributed by atoms with E-state index in [-0.39, 0.29) is 5.97 Å². The minimum atomic E-state index is -0.462. The van der Waals surface area contributed by atoms with Crippen LogP contribution in [0.1, 0.15) is 27.7 Å². The lowest BCUT2D eigenvalue weighted by Crippen LogP contribution is -2.32. The molecule has 0 aromatic heterocycles. The zero-order chi connectivity index (χ0) is 16.4. The van der Waals surface area contributed by atoms with Crippen LogP contribution in [-0.4, -0.2) is 62.3 Å². The van der Waals surface area contributed by atoms with Gasteiger partial charge in [0, 0.05) is 26.2 Å². The predicted octanol–water partition coefficient (Wildman–Crippen LogP) is 3.21. The molecule has 0 N–H and O–H groups in total. The Balaban J connectivity index is 4.85. The van der Waals surface area contributed by atoms with Crippen LogP contribution in [0, 0.1) is 0 Å². The average molecular weight is 369 g/mol. The molecular formula is C13H24N2O2S4. The van der Waals surface area contributed by atoms with Crippen molar-refractivity contribution in [1.29, 1.82) is 0 Å². The zero-order valence-electron chi connectivity index (χ0n) is 13.2. The molecule has 0 spiro atoms. The van der Waals surface area contributed by atoms with Gasteiger partial charge < -0.3 is 14.5 Å². The fourth-order valence-electron chi connectivity index (χ4n) is 1.51. The summed E-state index contributed by atoms with van der Waals surface area (Å²) >= 11 is 13.5. The monoisotopic (exact) mass is 368 g/mol. The number of hydrogen-bond donors (Lipinski definition) is 0. The van der Waals surface area contributed by atoms with Gasteiger partial charge >= 0.3 is 5.97 Å². The van der Waals surface area contributed by atoms with E-state index in [2.05, 4.69) is 0 Å². The fourth-order valence-corrected chi connectivity index (χ4v) is 5.28. The largest absolute Gasteiger partial charge is 0.468 e. The third kappa shape index (κ3) is 7.17. The minimum absolute atomic E-state index is 0.311. The molecule has 0 bridgehead atoms. The first-order valence-electron chi connectivity index (χ1n) is 6.93. The molecule has 0 rings (SSSR count). The highest BCUT2D eigenvalue weighted by Crippen LogP contribution is 2.29. The van der Waals surface area contributed by atoms with Gasteiger partial charge in [0.1, 0.15) is 8.64 Å². The third-order valence-corrected chi connectivity index (χ3v) is 6.26. The van der Waals surface area contributed by atoms with Crippen molar-refractivity contribution in [2.75, 3.05) is 33.3 Å². The lowest BCUT2D eigenvalue weighted by molar-refractivity contribution is -0.138. The van der Waals surface area contributed by atoms with Gasteiger partial charge in [-0.05, 0) is 27.7 Å². The van der Waals surface area contributed by atoms with E-state index in [1.54, 1.807) is 0 Å². The van der Waals surface area contributed by atoms with E-state index in [1.807, 2.05) is 37.5 Å². The Morgan fingerprint density at radius 2 is 1.29 bits per heavy atom. The Hall–Kier alpha value is -0.0500. The summed E-state index contributed by atoms with van der Waals surface area (Å²) in [4.78, 5) is 16.0. The Kier molecular flexibility index (Phi) is 11.5. The zero-order valence-corrected chi connectivity index (χ0v) is 16.5. The van der Waals surface area contributed by atoms with Crippen molar-refractivity contribution >= 4 is 62.6 Å². The van der Waals surface area contributed by atoms with E-state index < -0.39 is 4.58 Å². The van der Waals surface area contributed by atoms with Gasteiger partial charge in [-0.3, -0.25) is 0 Å². The molecule has 0 aliphatic heterocycles. The maximum Gasteiger partial charge on any atom is 0.329 e. The van der Waals surface area contributed by atoms with Crippen molar-refractivity contribution in [3.63, 3.8) is 0 Å². The highest BCUT2D eigenvalue weighted by molar-refractivity contribution is 8.36. The number of carbonyl (C=O) groups is 1. The number of ether oxygens (including phenoxy) is 1. The molecule has 4 nitrogen and oxygen atoms in total. The quantitative estimate of drug-likeness (QED) is 0.385. The minimum Gasteiger partial charge on any atom is -0.468 e. The van der Waals surface area contributed by atoms with Gasteiger partial charge in [0.15, 0.2) is 4.58 Å². The fraction of sp³-hybridized carbons (Fsp3) is 0.769. The van der Waals surface area contributed by atoms with Crippen LogP contribution in [0.5, 0.6) is 0 Å². The van der Waals surface area contributed by atoms with E-state index in [4.69, 9.17) is 29.2 Å². The summed E-state index contributed by atoms with van der Waals surface area (Å²) in [5.41, 5.74) is 0. The van der Waals surface area contributed by atoms with Crippen molar-refractivity contribution in [2.24, 2.45) is 0 Å². The highest BCUT2D eigenvalue weighted by Gasteiger charge is 2.27. The summed E-state index contributed by atoms with van der Waals surface area (Å²) in [5.74, 6) is -0.311. The predicted molar refractivity (Wildman–Crippen MR) is 102 cm³/mol. The van der Waals surface area contributed by atoms with Crippen molar-refractivity contribution in [1.82, 2.24) is 9.80 Å². The van der Waals surface area contributed by atoms with Crippen LogP contribution in [0.3, 0.4) is 0 Å². The molecule has 8 heteroatoms. The molecular weight excluding hydrogens is 344 g/mol. The van der Waals surface area contributed by atoms with Crippen LogP contribution < -0.4 is 0 Å². The maximum absolute atomic E-state index is 12.0. The van der Waals surface area contributed by atoms with Crippen LogP contribution in [0.25, 0.3) is 0 Å². The SMILES string of the molecule is CCN(CC)C(=S)SC(SC(=S)N(CC)CC)C(=O)OC. The van der Waals surface area contributed by atoms with Crippen LogP contribution in [0.4, 0.5) is 0 Å².